The van der Waals surface area contributed by atoms with Crippen LogP contribution in [0.15, 0.2) is 35.5 Å². The van der Waals surface area contributed by atoms with Crippen LogP contribution in [-0.2, 0) is 12.8 Å². The normalized spacial score (nSPS) is 17.5. The van der Waals surface area contributed by atoms with Gasteiger partial charge < -0.3 is 14.8 Å². The number of amidine groups is 1. The molecule has 0 radical (unpaired) electrons. The fourth-order valence-corrected chi connectivity index (χ4v) is 4.12. The molecule has 1 aromatic carbocycles. The van der Waals surface area contributed by atoms with E-state index in [1.54, 1.807) is 0 Å². The number of hydrogen-bond acceptors (Lipinski definition) is 4. The van der Waals surface area contributed by atoms with Crippen molar-refractivity contribution in [1.29, 1.82) is 0 Å². The SMILES string of the molecule is Cc1ccc(/C(=N/O)N2CCCCC2)c(Oc2cccc3c2CCCC3)n1. The van der Waals surface area contributed by atoms with E-state index in [2.05, 4.69) is 27.2 Å². The number of ether oxygens (including phenoxy) is 1. The van der Waals surface area contributed by atoms with Crippen LogP contribution in [0.1, 0.15) is 54.5 Å². The average Bonchev–Trinajstić information content (AvgIpc) is 2.71. The molecule has 2 aliphatic rings. The maximum absolute atomic E-state index is 9.75. The van der Waals surface area contributed by atoms with Gasteiger partial charge in [-0.1, -0.05) is 17.3 Å². The number of piperidine rings is 1. The quantitative estimate of drug-likeness (QED) is 0.371. The molecule has 0 spiro atoms. The Balaban J connectivity index is 1.70. The van der Waals surface area contributed by atoms with Gasteiger partial charge in [-0.3, -0.25) is 0 Å². The standard InChI is InChI=1S/C22H27N3O2/c1-16-12-13-19(21(24-26)25-14-5-2-6-15-25)22(23-16)27-20-11-7-9-17-8-3-4-10-18(17)20/h7,9,11-13,26H,2-6,8,10,14-15H2,1H3/b24-21-. The third-order valence-corrected chi connectivity index (χ3v) is 5.55. The van der Waals surface area contributed by atoms with Crippen molar-refractivity contribution < 1.29 is 9.94 Å². The number of aromatic nitrogens is 1. The molecular formula is C22H27N3O2. The number of rotatable bonds is 3. The highest BCUT2D eigenvalue weighted by Gasteiger charge is 2.23. The molecule has 0 bridgehead atoms. The Morgan fingerprint density at radius 3 is 2.67 bits per heavy atom. The van der Waals surface area contributed by atoms with E-state index >= 15 is 0 Å². The summed E-state index contributed by atoms with van der Waals surface area (Å²) in [5.74, 6) is 1.96. The van der Waals surface area contributed by atoms with Crippen LogP contribution in [0.25, 0.3) is 0 Å². The van der Waals surface area contributed by atoms with E-state index < -0.39 is 0 Å². The van der Waals surface area contributed by atoms with Gasteiger partial charge in [-0.15, -0.1) is 0 Å². The van der Waals surface area contributed by atoms with Crippen molar-refractivity contribution in [2.75, 3.05) is 13.1 Å². The van der Waals surface area contributed by atoms with Crippen molar-refractivity contribution >= 4 is 5.84 Å². The Labute approximate surface area is 160 Å². The highest BCUT2D eigenvalue weighted by molar-refractivity contribution is 6.00. The molecule has 5 heteroatoms. The third-order valence-electron chi connectivity index (χ3n) is 5.55. The molecule has 0 unspecified atom stereocenters. The van der Waals surface area contributed by atoms with Crippen molar-refractivity contribution in [2.24, 2.45) is 5.16 Å². The molecule has 27 heavy (non-hydrogen) atoms. The number of benzene rings is 1. The van der Waals surface area contributed by atoms with E-state index in [-0.39, 0.29) is 0 Å². The molecule has 0 atom stereocenters. The second-order valence-corrected chi connectivity index (χ2v) is 7.48. The van der Waals surface area contributed by atoms with E-state index in [1.165, 1.54) is 30.4 Å². The van der Waals surface area contributed by atoms with Gasteiger partial charge in [0, 0.05) is 18.8 Å². The monoisotopic (exact) mass is 365 g/mol. The minimum absolute atomic E-state index is 0.521. The predicted octanol–water partition coefficient (Wildman–Crippen LogP) is 4.68. The first-order valence-corrected chi connectivity index (χ1v) is 10.00. The molecule has 1 aromatic heterocycles. The molecule has 1 aliphatic carbocycles. The maximum Gasteiger partial charge on any atom is 0.230 e. The first kappa shape index (κ1) is 17.8. The number of oxime groups is 1. The van der Waals surface area contributed by atoms with Crippen molar-refractivity contribution in [1.82, 2.24) is 9.88 Å². The summed E-state index contributed by atoms with van der Waals surface area (Å²) in [5.41, 5.74) is 4.30. The van der Waals surface area contributed by atoms with Crippen LogP contribution in [0.3, 0.4) is 0 Å². The zero-order valence-electron chi connectivity index (χ0n) is 15.9. The van der Waals surface area contributed by atoms with Gasteiger partial charge in [0.2, 0.25) is 5.88 Å². The maximum atomic E-state index is 9.75. The molecule has 0 saturated carbocycles. The smallest absolute Gasteiger partial charge is 0.230 e. The lowest BCUT2D eigenvalue weighted by Gasteiger charge is -2.29. The number of nitrogens with zero attached hydrogens (tertiary/aromatic N) is 3. The van der Waals surface area contributed by atoms with Crippen LogP contribution < -0.4 is 4.74 Å². The van der Waals surface area contributed by atoms with Crippen LogP contribution in [0.5, 0.6) is 11.6 Å². The van der Waals surface area contributed by atoms with Crippen molar-refractivity contribution in [3.8, 4) is 11.6 Å². The highest BCUT2D eigenvalue weighted by atomic mass is 16.5. The molecule has 1 fully saturated rings. The van der Waals surface area contributed by atoms with Gasteiger partial charge in [-0.2, -0.15) is 0 Å². The summed E-state index contributed by atoms with van der Waals surface area (Å²) in [6.45, 7) is 3.74. The lowest BCUT2D eigenvalue weighted by Crippen LogP contribution is -2.36. The van der Waals surface area contributed by atoms with E-state index in [4.69, 9.17) is 4.74 Å². The van der Waals surface area contributed by atoms with Crippen LogP contribution in [0, 0.1) is 6.92 Å². The number of fused-ring (bicyclic) bond motifs is 1. The minimum atomic E-state index is 0.521. The highest BCUT2D eigenvalue weighted by Crippen LogP contribution is 2.34. The first-order chi connectivity index (χ1) is 13.3. The van der Waals surface area contributed by atoms with E-state index in [0.717, 1.165) is 55.8 Å². The lowest BCUT2D eigenvalue weighted by molar-refractivity contribution is 0.285. The van der Waals surface area contributed by atoms with Crippen LogP contribution in [0.4, 0.5) is 0 Å². The van der Waals surface area contributed by atoms with Gasteiger partial charge in [0.05, 0.1) is 5.56 Å². The molecule has 1 N–H and O–H groups in total. The summed E-state index contributed by atoms with van der Waals surface area (Å²) >= 11 is 0. The van der Waals surface area contributed by atoms with E-state index in [0.29, 0.717) is 11.7 Å². The molecule has 5 nitrogen and oxygen atoms in total. The molecular weight excluding hydrogens is 338 g/mol. The topological polar surface area (TPSA) is 58.0 Å². The molecule has 142 valence electrons. The molecule has 2 heterocycles. The summed E-state index contributed by atoms with van der Waals surface area (Å²) in [6, 6.07) is 10.2. The number of hydrogen-bond donors (Lipinski definition) is 1. The van der Waals surface area contributed by atoms with Gasteiger partial charge in [0.1, 0.15) is 5.75 Å². The third kappa shape index (κ3) is 3.77. The average molecular weight is 365 g/mol. The summed E-state index contributed by atoms with van der Waals surface area (Å²) in [4.78, 5) is 6.77. The second kappa shape index (κ2) is 7.99. The first-order valence-electron chi connectivity index (χ1n) is 10.00. The zero-order chi connectivity index (χ0) is 18.6. The molecule has 4 rings (SSSR count). The van der Waals surface area contributed by atoms with Crippen LogP contribution in [0.2, 0.25) is 0 Å². The molecule has 2 aromatic rings. The van der Waals surface area contributed by atoms with Crippen molar-refractivity contribution in [3.05, 3.63) is 52.7 Å². The Morgan fingerprint density at radius 2 is 1.85 bits per heavy atom. The predicted molar refractivity (Wildman–Crippen MR) is 106 cm³/mol. The van der Waals surface area contributed by atoms with Crippen molar-refractivity contribution in [2.45, 2.75) is 51.9 Å². The summed E-state index contributed by atoms with van der Waals surface area (Å²) in [6.07, 6.45) is 8.03. The number of pyridine rings is 1. The number of likely N-dealkylation sites (tertiary alicyclic amines) is 1. The van der Waals surface area contributed by atoms with Gasteiger partial charge in [-0.25, -0.2) is 4.98 Å². The fourth-order valence-electron chi connectivity index (χ4n) is 4.12. The zero-order valence-corrected chi connectivity index (χ0v) is 15.9. The Morgan fingerprint density at radius 1 is 1.04 bits per heavy atom. The number of aryl methyl sites for hydroxylation is 2. The lowest BCUT2D eigenvalue weighted by atomic mass is 9.91. The van der Waals surface area contributed by atoms with E-state index in [1.807, 2.05) is 25.1 Å². The molecule has 1 saturated heterocycles. The summed E-state index contributed by atoms with van der Waals surface area (Å²) < 4.78 is 6.33. The Kier molecular flexibility index (Phi) is 5.28. The largest absolute Gasteiger partial charge is 0.438 e. The van der Waals surface area contributed by atoms with Crippen molar-refractivity contribution in [3.63, 3.8) is 0 Å². The van der Waals surface area contributed by atoms with Gasteiger partial charge >= 0.3 is 0 Å². The Bertz CT molecular complexity index is 841. The fraction of sp³-hybridized carbons (Fsp3) is 0.455. The summed E-state index contributed by atoms with van der Waals surface area (Å²) in [7, 11) is 0. The second-order valence-electron chi connectivity index (χ2n) is 7.48. The van der Waals surface area contributed by atoms with Gasteiger partial charge in [0.25, 0.3) is 0 Å². The Hall–Kier alpha value is -2.56. The van der Waals surface area contributed by atoms with Crippen LogP contribution >= 0.6 is 0 Å². The van der Waals surface area contributed by atoms with Gasteiger partial charge in [-0.05, 0) is 81.2 Å². The summed E-state index contributed by atoms with van der Waals surface area (Å²) in [5, 5.41) is 13.4. The van der Waals surface area contributed by atoms with E-state index in [9.17, 15) is 5.21 Å². The minimum Gasteiger partial charge on any atom is -0.438 e. The molecule has 0 amide bonds. The van der Waals surface area contributed by atoms with Crippen LogP contribution in [-0.4, -0.2) is 34.0 Å². The molecule has 1 aliphatic heterocycles. The van der Waals surface area contributed by atoms with Gasteiger partial charge in [0.15, 0.2) is 5.84 Å².